The van der Waals surface area contributed by atoms with Gasteiger partial charge in [-0.25, -0.2) is 0 Å². The first-order valence-corrected chi connectivity index (χ1v) is 5.73. The minimum atomic E-state index is -0.687. The summed E-state index contributed by atoms with van der Waals surface area (Å²) in [6.45, 7) is 5.30. The highest BCUT2D eigenvalue weighted by atomic mass is 16.4. The highest BCUT2D eigenvalue weighted by molar-refractivity contribution is 5.85. The minimum Gasteiger partial charge on any atom is -0.481 e. The summed E-state index contributed by atoms with van der Waals surface area (Å²) in [5, 5.41) is 13.6. The van der Waals surface area contributed by atoms with Crippen molar-refractivity contribution in [1.29, 1.82) is 0 Å². The average Bonchev–Trinajstić information content (AvgIpc) is 2.80. The number of carbonyl (C=O) groups is 1. The Bertz CT molecular complexity index is 469. The molecule has 0 radical (unpaired) electrons. The average molecular weight is 220 g/mol. The Kier molecular flexibility index (Phi) is 1.65. The van der Waals surface area contributed by atoms with Gasteiger partial charge >= 0.3 is 5.97 Å². The zero-order chi connectivity index (χ0) is 11.6. The Balaban J connectivity index is 2.04. The van der Waals surface area contributed by atoms with Gasteiger partial charge in [-0.2, -0.15) is 5.10 Å². The molecule has 0 unspecified atom stereocenters. The van der Waals surface area contributed by atoms with Crippen LogP contribution in [0, 0.1) is 5.41 Å². The van der Waals surface area contributed by atoms with Crippen LogP contribution in [0.2, 0.25) is 0 Å². The Morgan fingerprint density at radius 1 is 1.50 bits per heavy atom. The molecule has 1 aromatic heterocycles. The number of hydrogen-bond acceptors (Lipinski definition) is 2. The van der Waals surface area contributed by atoms with Crippen molar-refractivity contribution in [3.8, 4) is 0 Å². The highest BCUT2D eigenvalue weighted by Gasteiger charge is 2.54. The summed E-state index contributed by atoms with van der Waals surface area (Å²) in [5.41, 5.74) is 1.72. The molecule has 4 heteroatoms. The molecule has 1 aliphatic carbocycles. The van der Waals surface area contributed by atoms with Gasteiger partial charge in [0.25, 0.3) is 0 Å². The second-order valence-corrected chi connectivity index (χ2v) is 5.89. The molecule has 0 spiro atoms. The summed E-state index contributed by atoms with van der Waals surface area (Å²) in [7, 11) is 0. The number of hydrogen-bond donors (Lipinski definition) is 1. The molecule has 0 amide bonds. The van der Waals surface area contributed by atoms with Crippen molar-refractivity contribution in [2.24, 2.45) is 5.41 Å². The minimum absolute atomic E-state index is 0.215. The fourth-order valence-electron chi connectivity index (χ4n) is 2.77. The molecule has 0 bridgehead atoms. The first-order chi connectivity index (χ1) is 7.45. The molecule has 1 aliphatic heterocycles. The van der Waals surface area contributed by atoms with Crippen LogP contribution in [0.25, 0.3) is 0 Å². The van der Waals surface area contributed by atoms with Gasteiger partial charge in [-0.1, -0.05) is 13.8 Å². The molecule has 4 nitrogen and oxygen atoms in total. The van der Waals surface area contributed by atoms with Gasteiger partial charge in [0.1, 0.15) is 0 Å². The topological polar surface area (TPSA) is 55.1 Å². The Labute approximate surface area is 94.3 Å². The van der Waals surface area contributed by atoms with Gasteiger partial charge < -0.3 is 5.11 Å². The molecule has 1 aromatic rings. The number of fused-ring (bicyclic) bond motifs is 1. The third kappa shape index (κ3) is 1.16. The fraction of sp³-hybridized carbons (Fsp3) is 0.667. The van der Waals surface area contributed by atoms with Gasteiger partial charge in [-0.15, -0.1) is 0 Å². The highest BCUT2D eigenvalue weighted by Crippen LogP contribution is 2.51. The van der Waals surface area contributed by atoms with Crippen LogP contribution in [0.15, 0.2) is 6.20 Å². The van der Waals surface area contributed by atoms with Gasteiger partial charge in [0.15, 0.2) is 0 Å². The van der Waals surface area contributed by atoms with Crippen LogP contribution in [0.1, 0.15) is 37.9 Å². The van der Waals surface area contributed by atoms with Crippen molar-refractivity contribution in [1.82, 2.24) is 9.78 Å². The van der Waals surface area contributed by atoms with E-state index in [1.165, 1.54) is 0 Å². The quantitative estimate of drug-likeness (QED) is 0.823. The molecule has 0 atom stereocenters. The maximum Gasteiger partial charge on any atom is 0.314 e. The maximum atomic E-state index is 11.3. The first kappa shape index (κ1) is 9.87. The van der Waals surface area contributed by atoms with E-state index in [9.17, 15) is 9.90 Å². The number of aliphatic carboxylic acids is 1. The molecular weight excluding hydrogens is 204 g/mol. The predicted octanol–water partition coefficient (Wildman–Crippen LogP) is 1.58. The standard InChI is InChI=1S/C12H16N2O2/c1-11(2)5-9-8(6-13-14(9)7-11)12(3-4-12)10(15)16/h6H,3-5,7H2,1-2H3,(H,15,16). The van der Waals surface area contributed by atoms with E-state index in [1.807, 2.05) is 4.68 Å². The molecule has 2 heterocycles. The van der Waals surface area contributed by atoms with Crippen molar-refractivity contribution >= 4 is 5.97 Å². The summed E-state index contributed by atoms with van der Waals surface area (Å²) < 4.78 is 1.98. The molecule has 16 heavy (non-hydrogen) atoms. The third-order valence-corrected chi connectivity index (χ3v) is 3.85. The summed E-state index contributed by atoms with van der Waals surface area (Å²) >= 11 is 0. The smallest absolute Gasteiger partial charge is 0.314 e. The van der Waals surface area contributed by atoms with E-state index < -0.39 is 11.4 Å². The van der Waals surface area contributed by atoms with Crippen LogP contribution >= 0.6 is 0 Å². The van der Waals surface area contributed by atoms with Crippen LogP contribution in [-0.4, -0.2) is 20.9 Å². The zero-order valence-electron chi connectivity index (χ0n) is 9.66. The van der Waals surface area contributed by atoms with Crippen molar-refractivity contribution in [2.45, 2.75) is 45.1 Å². The van der Waals surface area contributed by atoms with E-state index in [1.54, 1.807) is 6.20 Å². The van der Waals surface area contributed by atoms with E-state index in [0.717, 1.165) is 37.1 Å². The lowest BCUT2D eigenvalue weighted by Gasteiger charge is -2.15. The Hall–Kier alpha value is -1.32. The number of carboxylic acids is 1. The van der Waals surface area contributed by atoms with Gasteiger partial charge in [0.2, 0.25) is 0 Å². The summed E-state index contributed by atoms with van der Waals surface area (Å²) in [6, 6.07) is 0. The number of rotatable bonds is 2. The molecule has 0 aromatic carbocycles. The number of nitrogens with zero attached hydrogens (tertiary/aromatic N) is 2. The molecular formula is C12H16N2O2. The van der Waals surface area contributed by atoms with Crippen LogP contribution in [-0.2, 0) is 23.2 Å². The lowest BCUT2D eigenvalue weighted by molar-refractivity contribution is -0.140. The molecule has 1 saturated carbocycles. The van der Waals surface area contributed by atoms with E-state index in [2.05, 4.69) is 18.9 Å². The van der Waals surface area contributed by atoms with Gasteiger partial charge in [0.05, 0.1) is 11.6 Å². The van der Waals surface area contributed by atoms with Gasteiger partial charge in [-0.3, -0.25) is 9.48 Å². The van der Waals surface area contributed by atoms with Crippen LogP contribution in [0.3, 0.4) is 0 Å². The van der Waals surface area contributed by atoms with Crippen LogP contribution in [0.5, 0.6) is 0 Å². The Morgan fingerprint density at radius 3 is 2.75 bits per heavy atom. The monoisotopic (exact) mass is 220 g/mol. The van der Waals surface area contributed by atoms with E-state index in [4.69, 9.17) is 0 Å². The van der Waals surface area contributed by atoms with Crippen molar-refractivity contribution in [2.75, 3.05) is 0 Å². The fourth-order valence-corrected chi connectivity index (χ4v) is 2.77. The molecule has 2 aliphatic rings. The van der Waals surface area contributed by atoms with Gasteiger partial charge in [0, 0.05) is 17.8 Å². The second kappa shape index (κ2) is 2.67. The number of carboxylic acid groups (broad SMARTS) is 1. The van der Waals surface area contributed by atoms with Gasteiger partial charge in [-0.05, 0) is 24.7 Å². The van der Waals surface area contributed by atoms with E-state index in [-0.39, 0.29) is 5.41 Å². The lowest BCUT2D eigenvalue weighted by Crippen LogP contribution is -2.21. The molecule has 1 N–H and O–H groups in total. The molecule has 3 rings (SSSR count). The largest absolute Gasteiger partial charge is 0.481 e. The lowest BCUT2D eigenvalue weighted by atomic mass is 9.87. The Morgan fingerprint density at radius 2 is 2.19 bits per heavy atom. The molecule has 0 saturated heterocycles. The summed E-state index contributed by atoms with van der Waals surface area (Å²) in [4.78, 5) is 11.3. The number of aromatic nitrogens is 2. The third-order valence-electron chi connectivity index (χ3n) is 3.85. The van der Waals surface area contributed by atoms with E-state index >= 15 is 0 Å². The second-order valence-electron chi connectivity index (χ2n) is 5.89. The SMILES string of the molecule is CC1(C)Cc2c(C3(C(=O)O)CC3)cnn2C1. The van der Waals surface area contributed by atoms with Crippen molar-refractivity contribution in [3.63, 3.8) is 0 Å². The zero-order valence-corrected chi connectivity index (χ0v) is 9.66. The first-order valence-electron chi connectivity index (χ1n) is 5.73. The molecule has 1 fully saturated rings. The normalized spacial score (nSPS) is 24.1. The van der Waals surface area contributed by atoms with Crippen molar-refractivity contribution < 1.29 is 9.90 Å². The summed E-state index contributed by atoms with van der Waals surface area (Å²) in [5.74, 6) is -0.687. The predicted molar refractivity (Wildman–Crippen MR) is 58.3 cm³/mol. The van der Waals surface area contributed by atoms with Crippen LogP contribution < -0.4 is 0 Å². The van der Waals surface area contributed by atoms with Crippen molar-refractivity contribution in [3.05, 3.63) is 17.5 Å². The van der Waals surface area contributed by atoms with Crippen LogP contribution in [0.4, 0.5) is 0 Å². The molecule has 86 valence electrons. The van der Waals surface area contributed by atoms with E-state index in [0.29, 0.717) is 0 Å². The summed E-state index contributed by atoms with van der Waals surface area (Å²) in [6.07, 6.45) is 4.24. The maximum absolute atomic E-state index is 11.3.